The van der Waals surface area contributed by atoms with Gasteiger partial charge in [-0.2, -0.15) is 0 Å². The van der Waals surface area contributed by atoms with E-state index in [4.69, 9.17) is 9.47 Å². The molecule has 18 heavy (non-hydrogen) atoms. The number of hydrogen-bond donors (Lipinski definition) is 1. The monoisotopic (exact) mass is 257 g/mol. The molecule has 1 N–H and O–H groups in total. The standard InChI is InChI=1S/C15H31NO2/c1-4-14(13-10-8-7-9-11-13)16-12-15(17-5-2)18-6-3/h13-16H,4-12H2,1-3H3. The molecule has 1 atom stereocenters. The van der Waals surface area contributed by atoms with Crippen LogP contribution in [0.4, 0.5) is 0 Å². The molecule has 0 radical (unpaired) electrons. The Kier molecular flexibility index (Phi) is 8.64. The van der Waals surface area contributed by atoms with Gasteiger partial charge in [0.15, 0.2) is 6.29 Å². The van der Waals surface area contributed by atoms with E-state index in [1.807, 2.05) is 13.8 Å². The van der Waals surface area contributed by atoms with Gasteiger partial charge in [-0.05, 0) is 39.0 Å². The van der Waals surface area contributed by atoms with Crippen molar-refractivity contribution in [3.8, 4) is 0 Å². The third-order valence-corrected chi connectivity index (χ3v) is 3.91. The second-order valence-electron chi connectivity index (χ2n) is 5.16. The summed E-state index contributed by atoms with van der Waals surface area (Å²) in [7, 11) is 0. The molecule has 0 saturated heterocycles. The van der Waals surface area contributed by atoms with Gasteiger partial charge in [-0.3, -0.25) is 0 Å². The van der Waals surface area contributed by atoms with Crippen LogP contribution in [0.15, 0.2) is 0 Å². The molecular weight excluding hydrogens is 226 g/mol. The molecule has 1 aliphatic carbocycles. The number of rotatable bonds is 9. The molecule has 1 rings (SSSR count). The molecule has 1 saturated carbocycles. The highest BCUT2D eigenvalue weighted by atomic mass is 16.7. The maximum absolute atomic E-state index is 5.58. The van der Waals surface area contributed by atoms with Crippen molar-refractivity contribution in [2.24, 2.45) is 5.92 Å². The quantitative estimate of drug-likeness (QED) is 0.643. The van der Waals surface area contributed by atoms with Gasteiger partial charge in [-0.15, -0.1) is 0 Å². The van der Waals surface area contributed by atoms with E-state index in [1.165, 1.54) is 38.5 Å². The highest BCUT2D eigenvalue weighted by Gasteiger charge is 2.22. The topological polar surface area (TPSA) is 30.5 Å². The Morgan fingerprint density at radius 2 is 1.61 bits per heavy atom. The Hall–Kier alpha value is -0.120. The van der Waals surface area contributed by atoms with Gasteiger partial charge >= 0.3 is 0 Å². The molecule has 108 valence electrons. The summed E-state index contributed by atoms with van der Waals surface area (Å²) < 4.78 is 11.2. The fraction of sp³-hybridized carbons (Fsp3) is 1.00. The molecule has 1 aliphatic rings. The van der Waals surface area contributed by atoms with Crippen molar-refractivity contribution in [3.63, 3.8) is 0 Å². The first kappa shape index (κ1) is 15.9. The lowest BCUT2D eigenvalue weighted by molar-refractivity contribution is -0.134. The largest absolute Gasteiger partial charge is 0.352 e. The van der Waals surface area contributed by atoms with Gasteiger partial charge in [0.2, 0.25) is 0 Å². The predicted molar refractivity (Wildman–Crippen MR) is 75.7 cm³/mol. The maximum atomic E-state index is 5.58. The average Bonchev–Trinajstić information content (AvgIpc) is 2.41. The van der Waals surface area contributed by atoms with Crippen LogP contribution in [-0.2, 0) is 9.47 Å². The highest BCUT2D eigenvalue weighted by molar-refractivity contribution is 4.78. The Balaban J connectivity index is 2.31. The molecule has 0 aromatic carbocycles. The maximum Gasteiger partial charge on any atom is 0.169 e. The van der Waals surface area contributed by atoms with Crippen LogP contribution < -0.4 is 5.32 Å². The molecule has 0 aromatic heterocycles. The Bertz CT molecular complexity index is 187. The highest BCUT2D eigenvalue weighted by Crippen LogP contribution is 2.27. The SMILES string of the molecule is CCOC(CNC(CC)C1CCCCC1)OCC. The summed E-state index contributed by atoms with van der Waals surface area (Å²) >= 11 is 0. The molecule has 0 heterocycles. The predicted octanol–water partition coefficient (Wildman–Crippen LogP) is 3.33. The van der Waals surface area contributed by atoms with Gasteiger partial charge in [-0.1, -0.05) is 26.2 Å². The first-order valence-electron chi connectivity index (χ1n) is 7.78. The van der Waals surface area contributed by atoms with Gasteiger partial charge in [0.05, 0.1) is 0 Å². The number of nitrogens with one attached hydrogen (secondary N) is 1. The van der Waals surface area contributed by atoms with E-state index in [0.717, 1.165) is 12.5 Å². The fourth-order valence-corrected chi connectivity index (χ4v) is 2.97. The number of hydrogen-bond acceptors (Lipinski definition) is 3. The van der Waals surface area contributed by atoms with Crippen molar-refractivity contribution in [2.45, 2.75) is 71.6 Å². The summed E-state index contributed by atoms with van der Waals surface area (Å²) in [5, 5.41) is 3.66. The van der Waals surface area contributed by atoms with Crippen LogP contribution in [0.25, 0.3) is 0 Å². The fourth-order valence-electron chi connectivity index (χ4n) is 2.97. The zero-order valence-corrected chi connectivity index (χ0v) is 12.4. The summed E-state index contributed by atoms with van der Waals surface area (Å²) in [5.41, 5.74) is 0. The second kappa shape index (κ2) is 9.76. The van der Waals surface area contributed by atoms with Crippen molar-refractivity contribution >= 4 is 0 Å². The molecular formula is C15H31NO2. The van der Waals surface area contributed by atoms with E-state index in [9.17, 15) is 0 Å². The van der Waals surface area contributed by atoms with Gasteiger partial charge in [0.1, 0.15) is 0 Å². The van der Waals surface area contributed by atoms with E-state index in [0.29, 0.717) is 19.3 Å². The van der Waals surface area contributed by atoms with Crippen molar-refractivity contribution in [3.05, 3.63) is 0 Å². The first-order valence-corrected chi connectivity index (χ1v) is 7.78. The van der Waals surface area contributed by atoms with Crippen molar-refractivity contribution in [1.82, 2.24) is 5.32 Å². The molecule has 1 unspecified atom stereocenters. The molecule has 0 amide bonds. The minimum absolute atomic E-state index is 0.0855. The lowest BCUT2D eigenvalue weighted by Gasteiger charge is -2.31. The van der Waals surface area contributed by atoms with Crippen molar-refractivity contribution < 1.29 is 9.47 Å². The number of ether oxygens (including phenoxy) is 2. The third-order valence-electron chi connectivity index (χ3n) is 3.91. The van der Waals surface area contributed by atoms with Crippen LogP contribution in [0, 0.1) is 5.92 Å². The van der Waals surface area contributed by atoms with Crippen molar-refractivity contribution in [1.29, 1.82) is 0 Å². The van der Waals surface area contributed by atoms with Gasteiger partial charge in [0, 0.05) is 25.8 Å². The second-order valence-corrected chi connectivity index (χ2v) is 5.16. The first-order chi connectivity index (χ1) is 8.81. The van der Waals surface area contributed by atoms with Crippen LogP contribution >= 0.6 is 0 Å². The Labute approximate surface area is 113 Å². The normalized spacial score (nSPS) is 19.3. The molecule has 0 aromatic rings. The zero-order valence-electron chi connectivity index (χ0n) is 12.4. The van der Waals surface area contributed by atoms with E-state index < -0.39 is 0 Å². The lowest BCUT2D eigenvalue weighted by atomic mass is 9.83. The molecule has 3 heteroatoms. The van der Waals surface area contributed by atoms with Gasteiger partial charge < -0.3 is 14.8 Å². The molecule has 3 nitrogen and oxygen atoms in total. The van der Waals surface area contributed by atoms with E-state index >= 15 is 0 Å². The van der Waals surface area contributed by atoms with Crippen molar-refractivity contribution in [2.75, 3.05) is 19.8 Å². The van der Waals surface area contributed by atoms with Gasteiger partial charge in [-0.25, -0.2) is 0 Å². The summed E-state index contributed by atoms with van der Waals surface area (Å²) in [5.74, 6) is 0.854. The van der Waals surface area contributed by atoms with Gasteiger partial charge in [0.25, 0.3) is 0 Å². The molecule has 0 spiro atoms. The summed E-state index contributed by atoms with van der Waals surface area (Å²) in [6.45, 7) is 8.56. The summed E-state index contributed by atoms with van der Waals surface area (Å²) in [6, 6.07) is 0.633. The van der Waals surface area contributed by atoms with Crippen LogP contribution in [0.1, 0.15) is 59.3 Å². The van der Waals surface area contributed by atoms with Crippen LogP contribution in [0.2, 0.25) is 0 Å². The third kappa shape index (κ3) is 5.68. The Morgan fingerprint density at radius 3 is 2.11 bits per heavy atom. The van der Waals surface area contributed by atoms with Crippen LogP contribution in [0.3, 0.4) is 0 Å². The van der Waals surface area contributed by atoms with E-state index in [1.54, 1.807) is 0 Å². The van der Waals surface area contributed by atoms with E-state index in [2.05, 4.69) is 12.2 Å². The lowest BCUT2D eigenvalue weighted by Crippen LogP contribution is -2.42. The minimum Gasteiger partial charge on any atom is -0.352 e. The minimum atomic E-state index is -0.0855. The van der Waals surface area contributed by atoms with Crippen LogP contribution in [0.5, 0.6) is 0 Å². The summed E-state index contributed by atoms with van der Waals surface area (Å²) in [6.07, 6.45) is 8.13. The zero-order chi connectivity index (χ0) is 13.2. The summed E-state index contributed by atoms with van der Waals surface area (Å²) in [4.78, 5) is 0. The average molecular weight is 257 g/mol. The van der Waals surface area contributed by atoms with Crippen LogP contribution in [-0.4, -0.2) is 32.1 Å². The van der Waals surface area contributed by atoms with E-state index in [-0.39, 0.29) is 6.29 Å². The molecule has 0 aliphatic heterocycles. The smallest absolute Gasteiger partial charge is 0.169 e. The Morgan fingerprint density at radius 1 is 1.00 bits per heavy atom. The molecule has 0 bridgehead atoms. The molecule has 1 fully saturated rings.